The van der Waals surface area contributed by atoms with E-state index in [2.05, 4.69) is 21.3 Å². The highest BCUT2D eigenvalue weighted by Gasteiger charge is 2.52. The van der Waals surface area contributed by atoms with Gasteiger partial charge < -0.3 is 53.6 Å². The Morgan fingerprint density at radius 3 is 1.71 bits per heavy atom. The number of amides is 4. The van der Waals surface area contributed by atoms with Crippen LogP contribution in [0, 0.1) is 0 Å². The van der Waals surface area contributed by atoms with E-state index in [1.54, 1.807) is 69.3 Å². The first-order valence-electron chi connectivity index (χ1n) is 18.0. The van der Waals surface area contributed by atoms with Crippen molar-refractivity contribution < 1.29 is 65.4 Å². The third-order valence-corrected chi connectivity index (χ3v) is 12.6. The number of alkyl carbamates (subject to hydrolysis) is 1. The van der Waals surface area contributed by atoms with Crippen LogP contribution >= 0.6 is 15.2 Å². The van der Waals surface area contributed by atoms with Gasteiger partial charge in [-0.25, -0.2) is 9.59 Å². The van der Waals surface area contributed by atoms with Crippen LogP contribution in [0.15, 0.2) is 54.6 Å². The van der Waals surface area contributed by atoms with Crippen molar-refractivity contribution in [1.29, 1.82) is 0 Å². The highest BCUT2D eigenvalue weighted by Crippen LogP contribution is 2.69. The van der Waals surface area contributed by atoms with Crippen molar-refractivity contribution in [2.45, 2.75) is 78.7 Å². The van der Waals surface area contributed by atoms with Gasteiger partial charge >= 0.3 is 27.3 Å². The van der Waals surface area contributed by atoms with Crippen LogP contribution in [0.25, 0.3) is 0 Å². The molecule has 0 saturated heterocycles. The second-order valence-electron chi connectivity index (χ2n) is 12.7. The summed E-state index contributed by atoms with van der Waals surface area (Å²) in [6.45, 7) is 9.13. The number of ether oxygens (including phenoxy) is 3. The smallest absolute Gasteiger partial charge is 0.407 e. The molecule has 0 unspecified atom stereocenters. The Bertz CT molecular complexity index is 1620. The van der Waals surface area contributed by atoms with E-state index >= 15 is 0 Å². The Morgan fingerprint density at radius 2 is 1.20 bits per heavy atom. The van der Waals surface area contributed by atoms with Crippen LogP contribution in [0.3, 0.4) is 0 Å². The molecule has 0 fully saturated rings. The van der Waals surface area contributed by atoms with Crippen LogP contribution in [-0.4, -0.2) is 93.1 Å². The lowest BCUT2D eigenvalue weighted by Gasteiger charge is -2.31. The third kappa shape index (κ3) is 17.2. The molecule has 0 spiro atoms. The van der Waals surface area contributed by atoms with Crippen LogP contribution in [-0.2, 0) is 68.9 Å². The molecule has 312 valence electrons. The molecule has 1 atom stereocenters. The second-order valence-corrected chi connectivity index (χ2v) is 17.3. The zero-order valence-corrected chi connectivity index (χ0v) is 34.6. The second kappa shape index (κ2) is 23.7. The topological polar surface area (TPSA) is 232 Å². The first-order chi connectivity index (χ1) is 26.5. The number of carbonyl (C=O) groups excluding carboxylic acids is 5. The fourth-order valence-electron chi connectivity index (χ4n) is 4.75. The van der Waals surface area contributed by atoms with Crippen LogP contribution in [0.1, 0.15) is 59.6 Å². The Labute approximate surface area is 327 Å². The van der Waals surface area contributed by atoms with Gasteiger partial charge in [0.15, 0.2) is 6.61 Å². The maximum atomic E-state index is 13.8. The van der Waals surface area contributed by atoms with Crippen molar-refractivity contribution in [3.8, 4) is 5.75 Å². The van der Waals surface area contributed by atoms with E-state index in [-0.39, 0.29) is 46.1 Å². The first-order valence-corrected chi connectivity index (χ1v) is 21.2. The molecule has 20 heteroatoms. The quantitative estimate of drug-likeness (QED) is 0.0849. The Balaban J connectivity index is 2.21. The summed E-state index contributed by atoms with van der Waals surface area (Å²) < 4.78 is 64.9. The number of benzene rings is 2. The predicted octanol–water partition coefficient (Wildman–Crippen LogP) is 4.41. The van der Waals surface area contributed by atoms with Crippen LogP contribution in [0.2, 0.25) is 0 Å². The van der Waals surface area contributed by atoms with Crippen LogP contribution in [0.4, 0.5) is 4.79 Å². The lowest BCUT2D eigenvalue weighted by atomic mass is 10.0. The Morgan fingerprint density at radius 1 is 0.679 bits per heavy atom. The number of esters is 1. The zero-order chi connectivity index (χ0) is 41.8. The van der Waals surface area contributed by atoms with E-state index in [4.69, 9.17) is 32.3 Å². The van der Waals surface area contributed by atoms with Crippen molar-refractivity contribution >= 4 is 45.0 Å². The average molecular weight is 829 g/mol. The summed E-state index contributed by atoms with van der Waals surface area (Å²) in [5.41, 5.74) is -1.29. The molecule has 2 aromatic carbocycles. The number of carbonyl (C=O) groups is 5. The van der Waals surface area contributed by atoms with Gasteiger partial charge in [0.2, 0.25) is 23.2 Å². The maximum absolute atomic E-state index is 13.8. The molecular formula is C36H54N4O14P2. The highest BCUT2D eigenvalue weighted by atomic mass is 31.2. The van der Waals surface area contributed by atoms with Crippen molar-refractivity contribution in [3.63, 3.8) is 0 Å². The number of rotatable bonds is 24. The molecule has 0 aliphatic rings. The average Bonchev–Trinajstić information content (AvgIpc) is 3.13. The zero-order valence-electron chi connectivity index (χ0n) is 32.8. The van der Waals surface area contributed by atoms with E-state index in [0.717, 1.165) is 5.56 Å². The molecule has 0 heterocycles. The molecule has 0 aliphatic carbocycles. The Hall–Kier alpha value is -4.31. The summed E-state index contributed by atoms with van der Waals surface area (Å²) in [7, 11) is -8.71. The fraction of sp³-hybridized carbons (Fsp3) is 0.528. The van der Waals surface area contributed by atoms with Crippen molar-refractivity contribution in [3.05, 3.63) is 65.7 Å². The summed E-state index contributed by atoms with van der Waals surface area (Å²) >= 11 is 0. The van der Waals surface area contributed by atoms with E-state index in [1.807, 2.05) is 6.07 Å². The Kier molecular flexibility index (Phi) is 20.2. The summed E-state index contributed by atoms with van der Waals surface area (Å²) in [5.74, 6) is -2.76. The fourth-order valence-corrected chi connectivity index (χ4v) is 9.69. The molecule has 2 aromatic rings. The summed E-state index contributed by atoms with van der Waals surface area (Å²) in [6.07, 6.45) is -0.966. The van der Waals surface area contributed by atoms with E-state index in [0.29, 0.717) is 11.3 Å². The van der Waals surface area contributed by atoms with Gasteiger partial charge in [-0.05, 0) is 71.7 Å². The molecule has 56 heavy (non-hydrogen) atoms. The molecule has 2 rings (SSSR count). The van der Waals surface area contributed by atoms with Crippen molar-refractivity contribution in [2.24, 2.45) is 0 Å². The van der Waals surface area contributed by atoms with Gasteiger partial charge in [-0.2, -0.15) is 0 Å². The maximum Gasteiger partial charge on any atom is 0.407 e. The molecule has 0 saturated carbocycles. The molecule has 4 N–H and O–H groups in total. The van der Waals surface area contributed by atoms with Gasteiger partial charge in [-0.15, -0.1) is 0 Å². The number of nitrogens with one attached hydrogen (secondary N) is 4. The molecule has 0 radical (unpaired) electrons. The van der Waals surface area contributed by atoms with Crippen LogP contribution in [0.5, 0.6) is 5.75 Å². The van der Waals surface area contributed by atoms with Gasteiger partial charge in [0.25, 0.3) is 0 Å². The minimum absolute atomic E-state index is 0.0328. The van der Waals surface area contributed by atoms with Gasteiger partial charge in [-0.1, -0.05) is 42.5 Å². The summed E-state index contributed by atoms with van der Waals surface area (Å²) in [5, 5.41) is 9.61. The van der Waals surface area contributed by atoms with E-state index in [9.17, 15) is 33.1 Å². The SMILES string of the molecule is CCOP(=O)(OCC)C(NC(=O)CNC(=O)[C@H](Cc1ccc(OCC(=O)OC(C)(C)C)cc1)NC(=O)CNC(=O)OCc1ccccc1)P(=O)(OCC)OCC. The minimum atomic E-state index is -4.35. The number of hydrogen-bond donors (Lipinski definition) is 4. The largest absolute Gasteiger partial charge is 0.482 e. The first kappa shape index (κ1) is 47.8. The van der Waals surface area contributed by atoms with Gasteiger partial charge in [0.1, 0.15) is 30.5 Å². The normalized spacial score (nSPS) is 12.3. The molecule has 18 nitrogen and oxygen atoms in total. The third-order valence-electron chi connectivity index (χ3n) is 6.95. The van der Waals surface area contributed by atoms with Crippen LogP contribution < -0.4 is 26.0 Å². The predicted molar refractivity (Wildman–Crippen MR) is 205 cm³/mol. The van der Waals surface area contributed by atoms with Gasteiger partial charge in [-0.3, -0.25) is 23.5 Å². The highest BCUT2D eigenvalue weighted by molar-refractivity contribution is 7.72. The van der Waals surface area contributed by atoms with Gasteiger partial charge in [0.05, 0.1) is 33.0 Å². The summed E-state index contributed by atoms with van der Waals surface area (Å²) in [6, 6.07) is 13.9. The molecular weight excluding hydrogens is 774 g/mol. The summed E-state index contributed by atoms with van der Waals surface area (Å²) in [4.78, 5) is 64.0. The molecule has 0 aromatic heterocycles. The van der Waals surface area contributed by atoms with E-state index in [1.165, 1.54) is 27.7 Å². The minimum Gasteiger partial charge on any atom is -0.482 e. The molecule has 0 bridgehead atoms. The molecule has 0 aliphatic heterocycles. The lowest BCUT2D eigenvalue weighted by Crippen LogP contribution is -2.52. The van der Waals surface area contributed by atoms with Crippen molar-refractivity contribution in [2.75, 3.05) is 46.1 Å². The monoisotopic (exact) mass is 828 g/mol. The van der Waals surface area contributed by atoms with Crippen molar-refractivity contribution in [1.82, 2.24) is 21.3 Å². The molecule has 4 amide bonds. The van der Waals surface area contributed by atoms with Gasteiger partial charge in [0, 0.05) is 6.42 Å². The number of hydrogen-bond acceptors (Lipinski definition) is 14. The lowest BCUT2D eigenvalue weighted by molar-refractivity contribution is -0.157. The van der Waals surface area contributed by atoms with E-state index < -0.39 is 75.2 Å². The standard InChI is InChI=1S/C36H54N4O14P2/c1-8-50-55(46,51-9-2)35(56(47,52-10-3)53-11-4)40-31(42)22-37-33(44)29(39-30(41)23-38-34(45)49-24-27-15-13-12-14-16-27)21-26-17-19-28(20-18-26)48-25-32(43)54-36(5,6)7/h12-20,29,35H,8-11,21-25H2,1-7H3,(H,37,44)(H,38,45)(H,39,41)(H,40,42)/t29-/m0/s1.